The molecule has 1 unspecified atom stereocenters. The van der Waals surface area contributed by atoms with E-state index in [1.165, 1.54) is 6.33 Å². The van der Waals surface area contributed by atoms with E-state index in [0.29, 0.717) is 13.0 Å². The number of hydrogen-bond donors (Lipinski definition) is 1. The predicted octanol–water partition coefficient (Wildman–Crippen LogP) is 3.32. The van der Waals surface area contributed by atoms with E-state index in [4.69, 9.17) is 4.74 Å². The molecule has 1 heterocycles. The summed E-state index contributed by atoms with van der Waals surface area (Å²) in [6, 6.07) is 19.7. The van der Waals surface area contributed by atoms with Crippen LogP contribution in [0, 0.1) is 0 Å². The summed E-state index contributed by atoms with van der Waals surface area (Å²) in [6.07, 6.45) is 3.51. The number of hydrogen-bond acceptors (Lipinski definition) is 4. The van der Waals surface area contributed by atoms with Gasteiger partial charge in [0.15, 0.2) is 0 Å². The highest BCUT2D eigenvalue weighted by Gasteiger charge is 2.18. The minimum atomic E-state index is -0.0208. The average molecular weight is 347 g/mol. The lowest BCUT2D eigenvalue weighted by Gasteiger charge is -2.18. The Morgan fingerprint density at radius 3 is 2.42 bits per heavy atom. The van der Waals surface area contributed by atoms with Gasteiger partial charge in [-0.1, -0.05) is 42.5 Å². The van der Waals surface area contributed by atoms with Gasteiger partial charge in [-0.25, -0.2) is 9.97 Å². The first-order valence-corrected chi connectivity index (χ1v) is 8.47. The van der Waals surface area contributed by atoms with E-state index < -0.39 is 0 Å². The van der Waals surface area contributed by atoms with Gasteiger partial charge in [-0.2, -0.15) is 0 Å². The summed E-state index contributed by atoms with van der Waals surface area (Å²) in [4.78, 5) is 20.5. The summed E-state index contributed by atoms with van der Waals surface area (Å²) in [7, 11) is 1.64. The standard InChI is InChI=1S/C21H21N3O2/c1-26-19-9-7-17(8-10-19)20(16-5-3-2-4-6-16)13-21(25)23-14-18-11-12-22-15-24-18/h2-12,15,20H,13-14H2,1H3,(H,23,25). The molecule has 0 saturated heterocycles. The molecular weight excluding hydrogens is 326 g/mol. The van der Waals surface area contributed by atoms with Crippen molar-refractivity contribution < 1.29 is 9.53 Å². The Balaban J connectivity index is 1.74. The largest absolute Gasteiger partial charge is 0.497 e. The summed E-state index contributed by atoms with van der Waals surface area (Å²) >= 11 is 0. The number of amides is 1. The Labute approximate surface area is 153 Å². The number of methoxy groups -OCH3 is 1. The molecule has 1 N–H and O–H groups in total. The molecule has 26 heavy (non-hydrogen) atoms. The number of ether oxygens (including phenoxy) is 1. The van der Waals surface area contributed by atoms with E-state index in [9.17, 15) is 4.79 Å². The second kappa shape index (κ2) is 8.76. The molecular formula is C21H21N3O2. The quantitative estimate of drug-likeness (QED) is 0.712. The average Bonchev–Trinajstić information content (AvgIpc) is 2.72. The summed E-state index contributed by atoms with van der Waals surface area (Å²) in [5, 5.41) is 2.94. The molecule has 1 amide bonds. The smallest absolute Gasteiger partial charge is 0.221 e. The number of nitrogens with zero attached hydrogens (tertiary/aromatic N) is 2. The highest BCUT2D eigenvalue weighted by Crippen LogP contribution is 2.29. The molecule has 0 aliphatic carbocycles. The van der Waals surface area contributed by atoms with Crippen molar-refractivity contribution >= 4 is 5.91 Å². The highest BCUT2D eigenvalue weighted by atomic mass is 16.5. The zero-order valence-electron chi connectivity index (χ0n) is 14.6. The van der Waals surface area contributed by atoms with Crippen LogP contribution in [0.5, 0.6) is 5.75 Å². The van der Waals surface area contributed by atoms with Crippen LogP contribution < -0.4 is 10.1 Å². The van der Waals surface area contributed by atoms with Crippen molar-refractivity contribution in [3.63, 3.8) is 0 Å². The molecule has 1 atom stereocenters. The lowest BCUT2D eigenvalue weighted by molar-refractivity contribution is -0.121. The molecule has 5 nitrogen and oxygen atoms in total. The first-order valence-electron chi connectivity index (χ1n) is 8.47. The molecule has 1 aromatic heterocycles. The van der Waals surface area contributed by atoms with Gasteiger partial charge in [0.2, 0.25) is 5.91 Å². The molecule has 3 aromatic rings. The van der Waals surface area contributed by atoms with E-state index in [-0.39, 0.29) is 11.8 Å². The normalized spacial score (nSPS) is 11.6. The van der Waals surface area contributed by atoms with E-state index in [0.717, 1.165) is 22.6 Å². The van der Waals surface area contributed by atoms with Crippen molar-refractivity contribution in [2.45, 2.75) is 18.9 Å². The summed E-state index contributed by atoms with van der Waals surface area (Å²) in [6.45, 7) is 0.394. The van der Waals surface area contributed by atoms with Crippen LogP contribution in [0.25, 0.3) is 0 Å². The number of benzene rings is 2. The van der Waals surface area contributed by atoms with E-state index in [2.05, 4.69) is 15.3 Å². The molecule has 0 spiro atoms. The fourth-order valence-corrected chi connectivity index (χ4v) is 2.82. The van der Waals surface area contributed by atoms with Gasteiger partial charge in [-0.15, -0.1) is 0 Å². The minimum absolute atomic E-state index is 0.0201. The first kappa shape index (κ1) is 17.6. The molecule has 5 heteroatoms. The Kier molecular flexibility index (Phi) is 5.93. The van der Waals surface area contributed by atoms with Gasteiger partial charge < -0.3 is 10.1 Å². The second-order valence-electron chi connectivity index (χ2n) is 5.92. The lowest BCUT2D eigenvalue weighted by Crippen LogP contribution is -2.25. The number of rotatable bonds is 7. The summed E-state index contributed by atoms with van der Waals surface area (Å²) < 4.78 is 5.23. The zero-order chi connectivity index (χ0) is 18.2. The van der Waals surface area contributed by atoms with E-state index in [1.54, 1.807) is 19.4 Å². The molecule has 0 saturated carbocycles. The van der Waals surface area contributed by atoms with Crippen molar-refractivity contribution in [2.75, 3.05) is 7.11 Å². The van der Waals surface area contributed by atoms with Crippen LogP contribution >= 0.6 is 0 Å². The Morgan fingerprint density at radius 2 is 1.77 bits per heavy atom. The number of carbonyl (C=O) groups excluding carboxylic acids is 1. The molecule has 0 aliphatic rings. The first-order chi connectivity index (χ1) is 12.8. The number of carbonyl (C=O) groups is 1. The van der Waals surface area contributed by atoms with Gasteiger partial charge in [0, 0.05) is 18.5 Å². The van der Waals surface area contributed by atoms with Gasteiger partial charge in [0.05, 0.1) is 19.3 Å². The van der Waals surface area contributed by atoms with Crippen molar-refractivity contribution in [1.29, 1.82) is 0 Å². The van der Waals surface area contributed by atoms with Crippen LogP contribution in [0.2, 0.25) is 0 Å². The van der Waals surface area contributed by atoms with Crippen molar-refractivity contribution in [1.82, 2.24) is 15.3 Å². The van der Waals surface area contributed by atoms with Gasteiger partial charge in [-0.3, -0.25) is 4.79 Å². The van der Waals surface area contributed by atoms with Crippen LogP contribution in [0.4, 0.5) is 0 Å². The van der Waals surface area contributed by atoms with E-state index in [1.807, 2.05) is 54.6 Å². The maximum absolute atomic E-state index is 12.5. The maximum Gasteiger partial charge on any atom is 0.221 e. The fraction of sp³-hybridized carbons (Fsp3) is 0.190. The molecule has 0 aliphatic heterocycles. The molecule has 132 valence electrons. The lowest BCUT2D eigenvalue weighted by atomic mass is 9.88. The van der Waals surface area contributed by atoms with Crippen LogP contribution in [-0.2, 0) is 11.3 Å². The van der Waals surface area contributed by atoms with Crippen LogP contribution in [0.3, 0.4) is 0 Å². The number of aromatic nitrogens is 2. The Morgan fingerprint density at radius 1 is 1.04 bits per heavy atom. The third kappa shape index (κ3) is 4.66. The number of nitrogens with one attached hydrogen (secondary N) is 1. The molecule has 3 rings (SSSR count). The van der Waals surface area contributed by atoms with Gasteiger partial charge in [0.25, 0.3) is 0 Å². The van der Waals surface area contributed by atoms with Gasteiger partial charge in [-0.05, 0) is 29.3 Å². The second-order valence-corrected chi connectivity index (χ2v) is 5.92. The van der Waals surface area contributed by atoms with E-state index >= 15 is 0 Å². The van der Waals surface area contributed by atoms with Crippen LogP contribution in [0.15, 0.2) is 73.2 Å². The maximum atomic E-state index is 12.5. The topological polar surface area (TPSA) is 64.1 Å². The molecule has 0 fully saturated rings. The zero-order valence-corrected chi connectivity index (χ0v) is 14.6. The van der Waals surface area contributed by atoms with Crippen molar-refractivity contribution in [3.8, 4) is 5.75 Å². The molecule has 0 radical (unpaired) electrons. The SMILES string of the molecule is COc1ccc(C(CC(=O)NCc2ccncn2)c2ccccc2)cc1. The Bertz CT molecular complexity index is 821. The monoisotopic (exact) mass is 347 g/mol. The van der Waals surface area contributed by atoms with Gasteiger partial charge in [0.1, 0.15) is 12.1 Å². The highest BCUT2D eigenvalue weighted by molar-refractivity contribution is 5.77. The predicted molar refractivity (Wildman–Crippen MR) is 99.8 cm³/mol. The third-order valence-corrected chi connectivity index (χ3v) is 4.22. The molecule has 0 bridgehead atoms. The van der Waals surface area contributed by atoms with Crippen molar-refractivity contribution in [2.24, 2.45) is 0 Å². The third-order valence-electron chi connectivity index (χ3n) is 4.22. The Hall–Kier alpha value is -3.21. The van der Waals surface area contributed by atoms with Crippen LogP contribution in [0.1, 0.15) is 29.2 Å². The molecule has 2 aromatic carbocycles. The fourth-order valence-electron chi connectivity index (χ4n) is 2.82. The van der Waals surface area contributed by atoms with Crippen molar-refractivity contribution in [3.05, 3.63) is 90.0 Å². The van der Waals surface area contributed by atoms with Gasteiger partial charge >= 0.3 is 0 Å². The summed E-state index contributed by atoms with van der Waals surface area (Å²) in [5.41, 5.74) is 2.97. The summed E-state index contributed by atoms with van der Waals surface area (Å²) in [5.74, 6) is 0.759. The van der Waals surface area contributed by atoms with Crippen LogP contribution in [-0.4, -0.2) is 23.0 Å². The minimum Gasteiger partial charge on any atom is -0.497 e.